The van der Waals surface area contributed by atoms with Gasteiger partial charge in [0.15, 0.2) is 0 Å². The Kier molecular flexibility index (Phi) is 6.66. The number of ether oxygens (including phenoxy) is 1. The predicted octanol–water partition coefficient (Wildman–Crippen LogP) is 14.1. The molecule has 4 heterocycles. The number of rotatable bonds is 4. The highest BCUT2D eigenvalue weighted by molar-refractivity contribution is 6.26. The molecule has 9 aromatic carbocycles. The Labute approximate surface area is 338 Å². The van der Waals surface area contributed by atoms with Gasteiger partial charge in [-0.3, -0.25) is 4.57 Å². The average Bonchev–Trinajstić information content (AvgIpc) is 3.81. The van der Waals surface area contributed by atoms with Crippen LogP contribution in [0.3, 0.4) is 0 Å². The van der Waals surface area contributed by atoms with Gasteiger partial charge < -0.3 is 9.30 Å². The Balaban J connectivity index is 1.05. The molecule has 12 aromatic rings. The molecule has 1 aliphatic rings. The number of hydrogen-bond acceptors (Lipinski definition) is 3. The summed E-state index contributed by atoms with van der Waals surface area (Å²) in [6.07, 6.45) is 0. The Morgan fingerprint density at radius 2 is 1.00 bits per heavy atom. The van der Waals surface area contributed by atoms with Crippen molar-refractivity contribution in [2.75, 3.05) is 0 Å². The summed E-state index contributed by atoms with van der Waals surface area (Å²) in [4.78, 5) is 10.5. The van der Waals surface area contributed by atoms with Gasteiger partial charge in [0.2, 0.25) is 5.95 Å². The van der Waals surface area contributed by atoms with Crippen molar-refractivity contribution >= 4 is 65.3 Å². The third-order valence-electron chi connectivity index (χ3n) is 12.1. The van der Waals surface area contributed by atoms with Crippen LogP contribution >= 0.6 is 0 Å². The Morgan fingerprint density at radius 3 is 1.85 bits per heavy atom. The molecule has 0 amide bonds. The first kappa shape index (κ1) is 32.1. The van der Waals surface area contributed by atoms with E-state index in [-0.39, 0.29) is 0 Å². The summed E-state index contributed by atoms with van der Waals surface area (Å²) in [6.45, 7) is 0. The normalized spacial score (nSPS) is 12.2. The monoisotopic (exact) mass is 752 g/mol. The van der Waals surface area contributed by atoms with Gasteiger partial charge in [-0.15, -0.1) is 0 Å². The zero-order valence-corrected chi connectivity index (χ0v) is 31.7. The first-order valence-corrected chi connectivity index (χ1v) is 20.0. The number of para-hydroxylation sites is 4. The number of hydrogen-bond donors (Lipinski definition) is 0. The van der Waals surface area contributed by atoms with Crippen LogP contribution in [0.15, 0.2) is 194 Å². The smallest absolute Gasteiger partial charge is 0.235 e. The second kappa shape index (κ2) is 12.2. The summed E-state index contributed by atoms with van der Waals surface area (Å²) in [5, 5.41) is 8.09. The highest BCUT2D eigenvalue weighted by Gasteiger charge is 2.25. The number of fused-ring (bicyclic) bond motifs is 10. The average molecular weight is 753 g/mol. The second-order valence-electron chi connectivity index (χ2n) is 15.3. The van der Waals surface area contributed by atoms with Gasteiger partial charge in [-0.1, -0.05) is 133 Å². The van der Waals surface area contributed by atoms with Crippen molar-refractivity contribution in [1.29, 1.82) is 0 Å². The number of benzene rings is 9. The lowest BCUT2D eigenvalue weighted by Gasteiger charge is -2.22. The van der Waals surface area contributed by atoms with E-state index in [4.69, 9.17) is 14.7 Å². The number of aromatic nitrogens is 4. The molecule has 0 saturated heterocycles. The summed E-state index contributed by atoms with van der Waals surface area (Å²) < 4.78 is 11.3. The lowest BCUT2D eigenvalue weighted by atomic mass is 9.92. The van der Waals surface area contributed by atoms with Crippen LogP contribution in [0, 0.1) is 0 Å². The van der Waals surface area contributed by atoms with Crippen molar-refractivity contribution in [2.45, 2.75) is 0 Å². The zero-order chi connectivity index (χ0) is 38.6. The van der Waals surface area contributed by atoms with Gasteiger partial charge in [0.1, 0.15) is 11.5 Å². The van der Waals surface area contributed by atoms with Gasteiger partial charge in [-0.25, -0.2) is 9.97 Å². The summed E-state index contributed by atoms with van der Waals surface area (Å²) >= 11 is 0. The Morgan fingerprint density at radius 1 is 0.356 bits per heavy atom. The molecule has 59 heavy (non-hydrogen) atoms. The number of nitrogens with zero attached hydrogens (tertiary/aromatic N) is 4. The molecule has 0 saturated carbocycles. The first-order valence-electron chi connectivity index (χ1n) is 20.0. The minimum Gasteiger partial charge on any atom is -0.456 e. The molecule has 0 bridgehead atoms. The van der Waals surface area contributed by atoms with Crippen LogP contribution in [0.25, 0.3) is 110 Å². The molecule has 0 atom stereocenters. The highest BCUT2D eigenvalue weighted by atomic mass is 16.5. The molecule has 0 spiro atoms. The van der Waals surface area contributed by atoms with Crippen molar-refractivity contribution in [2.24, 2.45) is 0 Å². The van der Waals surface area contributed by atoms with Crippen LogP contribution in [0.4, 0.5) is 0 Å². The standard InChI is InChI=1S/C54H32N4O/c1-3-14-33(15-4-1)53-40-20-7-10-23-44(40)55-54(56-53)58-45-24-11-8-18-37(45)42-30-34(26-28-46(42)58)35-27-29-47-43(31-35)51-41-22-13-21-39-38-19-9-12-25-49(38)59-50(52(39)41)32-48(51)57(47)36-16-5-2-6-17-36/h1-32H. The first-order chi connectivity index (χ1) is 29.3. The summed E-state index contributed by atoms with van der Waals surface area (Å²) in [5.74, 6) is 2.43. The molecular formula is C54H32N4O. The van der Waals surface area contributed by atoms with Crippen LogP contribution in [0.2, 0.25) is 0 Å². The third-order valence-corrected chi connectivity index (χ3v) is 12.1. The van der Waals surface area contributed by atoms with Crippen LogP contribution in [0.5, 0.6) is 11.5 Å². The van der Waals surface area contributed by atoms with E-state index < -0.39 is 0 Å². The molecular weight excluding hydrogens is 721 g/mol. The maximum Gasteiger partial charge on any atom is 0.235 e. The molecule has 3 aromatic heterocycles. The molecule has 5 nitrogen and oxygen atoms in total. The van der Waals surface area contributed by atoms with Gasteiger partial charge in [-0.2, -0.15) is 0 Å². The zero-order valence-electron chi connectivity index (χ0n) is 31.7. The second-order valence-corrected chi connectivity index (χ2v) is 15.3. The van der Waals surface area contributed by atoms with Gasteiger partial charge in [0.05, 0.1) is 33.3 Å². The van der Waals surface area contributed by atoms with Crippen molar-refractivity contribution in [3.63, 3.8) is 0 Å². The van der Waals surface area contributed by atoms with Gasteiger partial charge >= 0.3 is 0 Å². The fraction of sp³-hybridized carbons (Fsp3) is 0. The van der Waals surface area contributed by atoms with E-state index in [0.717, 1.165) is 94.3 Å². The maximum atomic E-state index is 6.67. The van der Waals surface area contributed by atoms with E-state index in [2.05, 4.69) is 185 Å². The van der Waals surface area contributed by atoms with E-state index in [9.17, 15) is 0 Å². The fourth-order valence-electron chi connectivity index (χ4n) is 9.54. The van der Waals surface area contributed by atoms with Crippen molar-refractivity contribution in [3.05, 3.63) is 194 Å². The van der Waals surface area contributed by atoms with Crippen molar-refractivity contribution < 1.29 is 4.74 Å². The molecule has 0 radical (unpaired) electrons. The molecule has 1 aliphatic heterocycles. The quantitative estimate of drug-likeness (QED) is 0.180. The molecule has 0 unspecified atom stereocenters. The summed E-state index contributed by atoms with van der Waals surface area (Å²) in [6, 6.07) is 68.9. The van der Waals surface area contributed by atoms with Gasteiger partial charge in [-0.05, 0) is 76.7 Å². The molecule has 13 rings (SSSR count). The van der Waals surface area contributed by atoms with Crippen LogP contribution in [-0.2, 0) is 0 Å². The Hall–Kier alpha value is -8.02. The van der Waals surface area contributed by atoms with E-state index in [1.165, 1.54) is 21.7 Å². The predicted molar refractivity (Wildman–Crippen MR) is 242 cm³/mol. The van der Waals surface area contributed by atoms with E-state index in [0.29, 0.717) is 5.95 Å². The summed E-state index contributed by atoms with van der Waals surface area (Å²) in [7, 11) is 0. The maximum absolute atomic E-state index is 6.67. The third kappa shape index (κ3) is 4.67. The largest absolute Gasteiger partial charge is 0.456 e. The van der Waals surface area contributed by atoms with E-state index >= 15 is 0 Å². The molecule has 5 heteroatoms. The van der Waals surface area contributed by atoms with Crippen molar-refractivity contribution in [3.8, 4) is 56.6 Å². The lowest BCUT2D eigenvalue weighted by molar-refractivity contribution is 0.487. The van der Waals surface area contributed by atoms with Crippen LogP contribution < -0.4 is 4.74 Å². The van der Waals surface area contributed by atoms with E-state index in [1.807, 2.05) is 18.2 Å². The highest BCUT2D eigenvalue weighted by Crippen LogP contribution is 2.51. The fourth-order valence-corrected chi connectivity index (χ4v) is 9.54. The summed E-state index contributed by atoms with van der Waals surface area (Å²) in [5.41, 5.74) is 13.0. The molecule has 274 valence electrons. The molecule has 0 fully saturated rings. The van der Waals surface area contributed by atoms with Crippen LogP contribution in [0.1, 0.15) is 0 Å². The minimum atomic E-state index is 0.655. The SMILES string of the molecule is c1ccc(-c2nc(-n3c4ccccc4c4cc(-c5ccc6c(c5)c5c7cccc8c7c(cc5n6-c5ccccc5)Oc5ccccc5-8)ccc43)nc3ccccc23)cc1. The van der Waals surface area contributed by atoms with Gasteiger partial charge in [0, 0.05) is 55.2 Å². The van der Waals surface area contributed by atoms with Crippen LogP contribution in [-0.4, -0.2) is 19.1 Å². The molecule has 0 N–H and O–H groups in total. The molecule has 0 aliphatic carbocycles. The topological polar surface area (TPSA) is 44.9 Å². The Bertz CT molecular complexity index is 3700. The van der Waals surface area contributed by atoms with Crippen molar-refractivity contribution in [1.82, 2.24) is 19.1 Å². The lowest BCUT2D eigenvalue weighted by Crippen LogP contribution is -2.03. The minimum absolute atomic E-state index is 0.655. The van der Waals surface area contributed by atoms with Gasteiger partial charge in [0.25, 0.3) is 0 Å². The van der Waals surface area contributed by atoms with E-state index in [1.54, 1.807) is 0 Å².